The van der Waals surface area contributed by atoms with Crippen LogP contribution in [0.4, 0.5) is 0 Å². The van der Waals surface area contributed by atoms with Crippen molar-refractivity contribution < 1.29 is 9.53 Å². The van der Waals surface area contributed by atoms with Gasteiger partial charge in [0.25, 0.3) is 0 Å². The highest BCUT2D eigenvalue weighted by molar-refractivity contribution is 5.94. The van der Waals surface area contributed by atoms with E-state index in [0.29, 0.717) is 18.6 Å². The number of ether oxygens (including phenoxy) is 1. The molecule has 0 radical (unpaired) electrons. The molecule has 1 atom stereocenters. The van der Waals surface area contributed by atoms with E-state index in [1.54, 1.807) is 6.92 Å². The molecule has 0 bridgehead atoms. The van der Waals surface area contributed by atoms with Gasteiger partial charge < -0.3 is 4.74 Å². The third-order valence-electron chi connectivity index (χ3n) is 2.12. The first-order valence-corrected chi connectivity index (χ1v) is 4.11. The molecule has 1 aliphatic heterocycles. The van der Waals surface area contributed by atoms with Crippen molar-refractivity contribution in [1.82, 2.24) is 0 Å². The Balaban J connectivity index is 2.46. The molecule has 1 saturated heterocycles. The van der Waals surface area contributed by atoms with Crippen molar-refractivity contribution >= 4 is 5.78 Å². The first-order chi connectivity index (χ1) is 5.61. The number of hydrogen-bond donors (Lipinski definition) is 0. The number of Topliss-reactive ketones (excluding diaryl/α,β-unsaturated/α-hetero) is 1. The van der Waals surface area contributed by atoms with Crippen LogP contribution in [0.1, 0.15) is 19.8 Å². The number of carbonyl (C=O) groups is 1. The van der Waals surface area contributed by atoms with Crippen LogP contribution in [0.2, 0.25) is 0 Å². The Morgan fingerprint density at radius 3 is 2.83 bits per heavy atom. The minimum absolute atomic E-state index is 0.117. The number of allylic oxidation sites excluding steroid dienone is 2. The lowest BCUT2D eigenvalue weighted by Gasteiger charge is -2.06. The summed E-state index contributed by atoms with van der Waals surface area (Å²) in [5.41, 5.74) is 0.620. The van der Waals surface area contributed by atoms with Gasteiger partial charge in [0.15, 0.2) is 5.78 Å². The van der Waals surface area contributed by atoms with E-state index in [-0.39, 0.29) is 11.7 Å². The van der Waals surface area contributed by atoms with E-state index in [1.165, 1.54) is 0 Å². The zero-order chi connectivity index (χ0) is 9.14. The van der Waals surface area contributed by atoms with Gasteiger partial charge in [0, 0.05) is 12.3 Å². The number of hydrogen-bond acceptors (Lipinski definition) is 2. The molecular formula is C10H14O2. The summed E-state index contributed by atoms with van der Waals surface area (Å²) >= 11 is 0. The van der Waals surface area contributed by atoms with Gasteiger partial charge in [-0.05, 0) is 18.9 Å². The van der Waals surface area contributed by atoms with Crippen LogP contribution in [0.5, 0.6) is 0 Å². The second-order valence-corrected chi connectivity index (χ2v) is 3.21. The molecule has 12 heavy (non-hydrogen) atoms. The monoisotopic (exact) mass is 166 g/mol. The van der Waals surface area contributed by atoms with Gasteiger partial charge in [-0.2, -0.15) is 0 Å². The van der Waals surface area contributed by atoms with Gasteiger partial charge in [-0.25, -0.2) is 0 Å². The van der Waals surface area contributed by atoms with Gasteiger partial charge in [0.1, 0.15) is 0 Å². The molecule has 66 valence electrons. The van der Waals surface area contributed by atoms with E-state index >= 15 is 0 Å². The van der Waals surface area contributed by atoms with Crippen LogP contribution in [0.15, 0.2) is 24.5 Å². The van der Waals surface area contributed by atoms with E-state index in [4.69, 9.17) is 4.74 Å². The average molecular weight is 166 g/mol. The molecule has 0 aliphatic carbocycles. The molecule has 2 heteroatoms. The van der Waals surface area contributed by atoms with E-state index in [0.717, 1.165) is 12.2 Å². The smallest absolute Gasteiger partial charge is 0.158 e. The van der Waals surface area contributed by atoms with E-state index in [2.05, 4.69) is 13.2 Å². The quantitative estimate of drug-likeness (QED) is 0.600. The molecular weight excluding hydrogens is 152 g/mol. The molecule has 0 spiro atoms. The van der Waals surface area contributed by atoms with Gasteiger partial charge in [-0.3, -0.25) is 4.79 Å². The topological polar surface area (TPSA) is 26.3 Å². The van der Waals surface area contributed by atoms with E-state index in [1.807, 2.05) is 0 Å². The summed E-state index contributed by atoms with van der Waals surface area (Å²) in [7, 11) is 0. The lowest BCUT2D eigenvalue weighted by atomic mass is 9.97. The fourth-order valence-electron chi connectivity index (χ4n) is 1.23. The van der Waals surface area contributed by atoms with E-state index < -0.39 is 0 Å². The summed E-state index contributed by atoms with van der Waals surface area (Å²) in [6.45, 7) is 9.78. The van der Waals surface area contributed by atoms with Crippen LogP contribution >= 0.6 is 0 Å². The summed E-state index contributed by atoms with van der Waals surface area (Å²) in [4.78, 5) is 11.2. The largest absolute Gasteiger partial charge is 0.498 e. The first-order valence-electron chi connectivity index (χ1n) is 4.11. The Morgan fingerprint density at radius 1 is 1.75 bits per heavy atom. The fourth-order valence-corrected chi connectivity index (χ4v) is 1.23. The summed E-state index contributed by atoms with van der Waals surface area (Å²) in [6.07, 6.45) is 1.42. The third-order valence-corrected chi connectivity index (χ3v) is 2.12. The second kappa shape index (κ2) is 3.57. The fraction of sp³-hybridized carbons (Fsp3) is 0.500. The first kappa shape index (κ1) is 9.04. The Hall–Kier alpha value is -1.05. The van der Waals surface area contributed by atoms with Crippen molar-refractivity contribution in [2.24, 2.45) is 5.92 Å². The van der Waals surface area contributed by atoms with Crippen molar-refractivity contribution in [2.45, 2.75) is 19.8 Å². The molecule has 0 aromatic rings. The molecule has 0 aromatic heterocycles. The van der Waals surface area contributed by atoms with E-state index in [9.17, 15) is 4.79 Å². The molecule has 1 rings (SSSR count). The lowest BCUT2D eigenvalue weighted by Crippen LogP contribution is -2.07. The summed E-state index contributed by atoms with van der Waals surface area (Å²) < 4.78 is 5.17. The Labute approximate surface area is 72.9 Å². The third kappa shape index (κ3) is 1.97. The molecule has 1 unspecified atom stereocenters. The van der Waals surface area contributed by atoms with Crippen molar-refractivity contribution in [3.8, 4) is 0 Å². The summed E-state index contributed by atoms with van der Waals surface area (Å²) in [5, 5.41) is 0. The van der Waals surface area contributed by atoms with Gasteiger partial charge in [-0.15, -0.1) is 0 Å². The van der Waals surface area contributed by atoms with Crippen molar-refractivity contribution in [1.29, 1.82) is 0 Å². The normalized spacial score (nSPS) is 22.1. The maximum absolute atomic E-state index is 11.2. The van der Waals surface area contributed by atoms with Crippen molar-refractivity contribution in [3.05, 3.63) is 24.5 Å². The molecule has 2 nitrogen and oxygen atoms in total. The Morgan fingerprint density at radius 2 is 2.42 bits per heavy atom. The molecule has 1 heterocycles. The SMILES string of the molecule is C=C(C)C(=O)CC1CCOC1=C. The highest BCUT2D eigenvalue weighted by atomic mass is 16.5. The number of carbonyl (C=O) groups excluding carboxylic acids is 1. The zero-order valence-corrected chi connectivity index (χ0v) is 7.43. The van der Waals surface area contributed by atoms with Crippen LogP contribution in [0.3, 0.4) is 0 Å². The minimum atomic E-state index is 0.117. The predicted octanol–water partition coefficient (Wildman–Crippen LogP) is 2.07. The number of ketones is 1. The molecule has 0 saturated carbocycles. The lowest BCUT2D eigenvalue weighted by molar-refractivity contribution is -0.116. The van der Waals surface area contributed by atoms with Crippen LogP contribution in [-0.4, -0.2) is 12.4 Å². The second-order valence-electron chi connectivity index (χ2n) is 3.21. The highest BCUT2D eigenvalue weighted by Crippen LogP contribution is 2.26. The Kier molecular flexibility index (Phi) is 2.69. The molecule has 0 N–H and O–H groups in total. The maximum atomic E-state index is 11.2. The van der Waals surface area contributed by atoms with Crippen LogP contribution in [0, 0.1) is 5.92 Å². The average Bonchev–Trinajstić information content (AvgIpc) is 2.36. The minimum Gasteiger partial charge on any atom is -0.498 e. The Bertz CT molecular complexity index is 228. The maximum Gasteiger partial charge on any atom is 0.158 e. The molecule has 0 aromatic carbocycles. The molecule has 1 aliphatic rings. The highest BCUT2D eigenvalue weighted by Gasteiger charge is 2.23. The van der Waals surface area contributed by atoms with Gasteiger partial charge in [-0.1, -0.05) is 13.2 Å². The summed E-state index contributed by atoms with van der Waals surface area (Å²) in [5.74, 6) is 1.09. The number of rotatable bonds is 3. The zero-order valence-electron chi connectivity index (χ0n) is 7.43. The standard InChI is InChI=1S/C10H14O2/c1-7(2)10(11)6-9-4-5-12-8(9)3/h9H,1,3-6H2,2H3. The van der Waals surface area contributed by atoms with Gasteiger partial charge in [0.05, 0.1) is 12.4 Å². The summed E-state index contributed by atoms with van der Waals surface area (Å²) in [6, 6.07) is 0. The molecule has 1 fully saturated rings. The van der Waals surface area contributed by atoms with Crippen LogP contribution in [0.25, 0.3) is 0 Å². The molecule has 0 amide bonds. The van der Waals surface area contributed by atoms with Crippen LogP contribution in [-0.2, 0) is 9.53 Å². The van der Waals surface area contributed by atoms with Gasteiger partial charge >= 0.3 is 0 Å². The van der Waals surface area contributed by atoms with Crippen molar-refractivity contribution in [3.63, 3.8) is 0 Å². The van der Waals surface area contributed by atoms with Crippen LogP contribution < -0.4 is 0 Å². The predicted molar refractivity (Wildman–Crippen MR) is 47.6 cm³/mol. The van der Waals surface area contributed by atoms with Gasteiger partial charge in [0.2, 0.25) is 0 Å². The van der Waals surface area contributed by atoms with Crippen molar-refractivity contribution in [2.75, 3.05) is 6.61 Å².